The highest BCUT2D eigenvalue weighted by molar-refractivity contribution is 14.1. The Morgan fingerprint density at radius 2 is 1.46 bits per heavy atom. The molecule has 0 amide bonds. The Morgan fingerprint density at radius 1 is 1.00 bits per heavy atom. The fraction of sp³-hybridized carbons (Fsp3) is 0.455. The van der Waals surface area contributed by atoms with Gasteiger partial charge in [-0.15, -0.1) is 0 Å². The van der Waals surface area contributed by atoms with Crippen LogP contribution in [-0.4, -0.2) is 8.86 Å². The van der Waals surface area contributed by atoms with Crippen LogP contribution in [0.2, 0.25) is 0 Å². The van der Waals surface area contributed by atoms with Gasteiger partial charge >= 0.3 is 0 Å². The maximum atomic E-state index is 2.54. The van der Waals surface area contributed by atoms with E-state index in [0.29, 0.717) is 5.41 Å². The molecular weight excluding hydrogens is 386 g/mol. The van der Waals surface area contributed by atoms with Crippen molar-refractivity contribution in [1.82, 2.24) is 0 Å². The van der Waals surface area contributed by atoms with Crippen molar-refractivity contribution in [1.29, 1.82) is 0 Å². The smallest absolute Gasteiger partial charge is 0.00657 e. The molecule has 0 aromatic heterocycles. The first-order chi connectivity index (χ1) is 6.29. The van der Waals surface area contributed by atoms with Gasteiger partial charge in [0, 0.05) is 8.86 Å². The second-order valence-corrected chi connectivity index (χ2v) is 5.42. The van der Waals surface area contributed by atoms with Crippen LogP contribution in [0.4, 0.5) is 0 Å². The lowest BCUT2D eigenvalue weighted by Crippen LogP contribution is -2.24. The number of hydrogen-bond acceptors (Lipinski definition) is 0. The molecule has 0 saturated heterocycles. The lowest BCUT2D eigenvalue weighted by atomic mass is 9.90. The molecule has 1 aliphatic rings. The second kappa shape index (κ2) is 4.04. The van der Waals surface area contributed by atoms with Crippen molar-refractivity contribution in [3.8, 4) is 0 Å². The molecule has 0 radical (unpaired) electrons. The zero-order chi connectivity index (χ0) is 9.31. The van der Waals surface area contributed by atoms with Crippen LogP contribution in [0, 0.1) is 5.41 Å². The predicted octanol–water partition coefficient (Wildman–Crippen LogP) is 3.64. The molecule has 0 atom stereocenters. The fourth-order valence-electron chi connectivity index (χ4n) is 2.00. The van der Waals surface area contributed by atoms with Crippen molar-refractivity contribution in [3.05, 3.63) is 35.4 Å². The van der Waals surface area contributed by atoms with Gasteiger partial charge in [-0.2, -0.15) is 0 Å². The number of alkyl halides is 2. The van der Waals surface area contributed by atoms with Gasteiger partial charge in [-0.3, -0.25) is 0 Å². The molecule has 0 bridgehead atoms. The summed E-state index contributed by atoms with van der Waals surface area (Å²) in [6.07, 6.45) is 2.57. The van der Waals surface area contributed by atoms with Crippen LogP contribution in [0.15, 0.2) is 24.3 Å². The highest BCUT2D eigenvalue weighted by Crippen LogP contribution is 2.39. The molecule has 13 heavy (non-hydrogen) atoms. The van der Waals surface area contributed by atoms with Crippen LogP contribution in [0.5, 0.6) is 0 Å². The summed E-state index contributed by atoms with van der Waals surface area (Å²) in [6.45, 7) is 0. The minimum atomic E-state index is 0.560. The van der Waals surface area contributed by atoms with Crippen molar-refractivity contribution in [2.45, 2.75) is 12.8 Å². The van der Waals surface area contributed by atoms with Gasteiger partial charge in [0.1, 0.15) is 0 Å². The summed E-state index contributed by atoms with van der Waals surface area (Å²) >= 11 is 5.07. The van der Waals surface area contributed by atoms with Gasteiger partial charge in [0.05, 0.1) is 0 Å². The predicted molar refractivity (Wildman–Crippen MR) is 74.1 cm³/mol. The highest BCUT2D eigenvalue weighted by atomic mass is 127. The third-order valence-electron chi connectivity index (χ3n) is 2.82. The van der Waals surface area contributed by atoms with Gasteiger partial charge in [-0.25, -0.2) is 0 Å². The zero-order valence-electron chi connectivity index (χ0n) is 7.39. The molecule has 1 aromatic carbocycles. The van der Waals surface area contributed by atoms with E-state index in [1.165, 1.54) is 21.7 Å². The maximum absolute atomic E-state index is 2.54. The quantitative estimate of drug-likeness (QED) is 0.528. The maximum Gasteiger partial charge on any atom is 0.00657 e. The summed E-state index contributed by atoms with van der Waals surface area (Å²) in [4.78, 5) is 0. The minimum absolute atomic E-state index is 0.560. The molecule has 2 rings (SSSR count). The normalized spacial score (nSPS) is 18.6. The van der Waals surface area contributed by atoms with Gasteiger partial charge in [0.15, 0.2) is 0 Å². The first-order valence-electron chi connectivity index (χ1n) is 4.48. The van der Waals surface area contributed by atoms with Crippen LogP contribution in [0.25, 0.3) is 0 Å². The molecule has 0 fully saturated rings. The zero-order valence-corrected chi connectivity index (χ0v) is 11.7. The largest absolute Gasteiger partial charge is 0.0857 e. The number of benzene rings is 1. The van der Waals surface area contributed by atoms with E-state index in [2.05, 4.69) is 69.4 Å². The van der Waals surface area contributed by atoms with Crippen LogP contribution in [0.1, 0.15) is 11.1 Å². The van der Waals surface area contributed by atoms with Crippen molar-refractivity contribution in [2.75, 3.05) is 8.86 Å². The SMILES string of the molecule is ICC1(CI)Cc2ccccc2C1. The van der Waals surface area contributed by atoms with Gasteiger partial charge in [-0.1, -0.05) is 69.4 Å². The van der Waals surface area contributed by atoms with Crippen LogP contribution in [-0.2, 0) is 12.8 Å². The number of halogens is 2. The summed E-state index contributed by atoms with van der Waals surface area (Å²) in [5.41, 5.74) is 3.72. The molecule has 0 heterocycles. The summed E-state index contributed by atoms with van der Waals surface area (Å²) in [5.74, 6) is 0. The number of fused-ring (bicyclic) bond motifs is 1. The van der Waals surface area contributed by atoms with Gasteiger partial charge in [0.2, 0.25) is 0 Å². The molecule has 1 aliphatic carbocycles. The van der Waals surface area contributed by atoms with E-state index in [1.54, 1.807) is 11.1 Å². The third kappa shape index (κ3) is 1.89. The summed E-state index contributed by atoms with van der Waals surface area (Å²) < 4.78 is 2.56. The number of hydrogen-bond donors (Lipinski definition) is 0. The Labute approximate surface area is 107 Å². The molecule has 0 aliphatic heterocycles. The van der Waals surface area contributed by atoms with Crippen LogP contribution < -0.4 is 0 Å². The Balaban J connectivity index is 2.30. The van der Waals surface area contributed by atoms with Crippen molar-refractivity contribution in [2.24, 2.45) is 5.41 Å². The van der Waals surface area contributed by atoms with Crippen molar-refractivity contribution >= 4 is 45.2 Å². The Kier molecular flexibility index (Phi) is 3.18. The lowest BCUT2D eigenvalue weighted by molar-refractivity contribution is 0.428. The minimum Gasteiger partial charge on any atom is -0.0857 e. The van der Waals surface area contributed by atoms with Gasteiger partial charge < -0.3 is 0 Å². The molecule has 0 N–H and O–H groups in total. The molecule has 1 aromatic rings. The molecule has 0 spiro atoms. The Bertz CT molecular complexity index is 276. The highest BCUT2D eigenvalue weighted by Gasteiger charge is 2.34. The van der Waals surface area contributed by atoms with E-state index >= 15 is 0 Å². The first-order valence-corrected chi connectivity index (χ1v) is 7.53. The molecule has 2 heteroatoms. The summed E-state index contributed by atoms with van der Waals surface area (Å²) in [7, 11) is 0. The molecule has 0 unspecified atom stereocenters. The van der Waals surface area contributed by atoms with Crippen LogP contribution in [0.3, 0.4) is 0 Å². The Hall–Kier alpha value is 0.680. The monoisotopic (exact) mass is 398 g/mol. The molecule has 70 valence electrons. The van der Waals surface area contributed by atoms with Gasteiger partial charge in [0.25, 0.3) is 0 Å². The Morgan fingerprint density at radius 3 is 1.85 bits per heavy atom. The topological polar surface area (TPSA) is 0 Å². The average molecular weight is 398 g/mol. The average Bonchev–Trinajstić information content (AvgIpc) is 2.57. The fourth-order valence-corrected chi connectivity index (χ4v) is 4.65. The second-order valence-electron chi connectivity index (χ2n) is 3.89. The van der Waals surface area contributed by atoms with E-state index in [9.17, 15) is 0 Å². The molecule has 0 saturated carbocycles. The van der Waals surface area contributed by atoms with Crippen molar-refractivity contribution in [3.63, 3.8) is 0 Å². The third-order valence-corrected chi connectivity index (χ3v) is 6.05. The summed E-state index contributed by atoms with van der Waals surface area (Å²) in [6, 6.07) is 8.90. The van der Waals surface area contributed by atoms with Crippen LogP contribution >= 0.6 is 45.2 Å². The van der Waals surface area contributed by atoms with E-state index < -0.39 is 0 Å². The van der Waals surface area contributed by atoms with E-state index in [1.807, 2.05) is 0 Å². The van der Waals surface area contributed by atoms with Crippen molar-refractivity contribution < 1.29 is 0 Å². The standard InChI is InChI=1S/C11H12I2/c12-7-11(8-13)5-9-3-1-2-4-10(9)6-11/h1-4H,5-8H2. The molecular formula is C11H12I2. The van der Waals surface area contributed by atoms with E-state index in [4.69, 9.17) is 0 Å². The number of rotatable bonds is 2. The molecule has 0 nitrogen and oxygen atoms in total. The van der Waals surface area contributed by atoms with Gasteiger partial charge in [-0.05, 0) is 29.4 Å². The van der Waals surface area contributed by atoms with E-state index in [0.717, 1.165) is 0 Å². The first kappa shape index (κ1) is 10.2. The van der Waals surface area contributed by atoms with E-state index in [-0.39, 0.29) is 0 Å². The lowest BCUT2D eigenvalue weighted by Gasteiger charge is -2.23. The summed E-state index contributed by atoms with van der Waals surface area (Å²) in [5, 5.41) is 0.